The Morgan fingerprint density at radius 1 is 0.902 bits per heavy atom. The van der Waals surface area contributed by atoms with E-state index >= 15 is 0 Å². The van der Waals surface area contributed by atoms with E-state index < -0.39 is 28.5 Å². The number of rotatable bonds is 12. The maximum absolute atomic E-state index is 14.1. The monoisotopic (exact) mass is 637 g/mol. The van der Waals surface area contributed by atoms with E-state index in [0.717, 1.165) is 9.87 Å². The van der Waals surface area contributed by atoms with Crippen molar-refractivity contribution in [3.8, 4) is 0 Å². The number of amides is 2. The highest BCUT2D eigenvalue weighted by molar-refractivity contribution is 7.92. The van der Waals surface area contributed by atoms with Crippen LogP contribution >= 0.6 is 34.8 Å². The van der Waals surface area contributed by atoms with Crippen LogP contribution in [0.25, 0.3) is 0 Å². The van der Waals surface area contributed by atoms with Gasteiger partial charge in [-0.2, -0.15) is 0 Å². The van der Waals surface area contributed by atoms with Crippen LogP contribution in [0.4, 0.5) is 5.69 Å². The number of hydrogen-bond acceptors (Lipinski definition) is 4. The SMILES string of the molecule is CC[C@H](C(=O)N[C@@H](C)CC)N(Cc1ccc(Cl)cc1Cl)C(=O)CN(c1ccc(C)c(Cl)c1)S(=O)(=O)c1ccccc1. The highest BCUT2D eigenvalue weighted by Gasteiger charge is 2.34. The van der Waals surface area contributed by atoms with E-state index in [9.17, 15) is 18.0 Å². The second kappa shape index (κ2) is 14.4. The lowest BCUT2D eigenvalue weighted by atomic mass is 10.1. The van der Waals surface area contributed by atoms with Gasteiger partial charge in [0.15, 0.2) is 0 Å². The first kappa shape index (κ1) is 32.7. The number of nitrogens with one attached hydrogen (secondary N) is 1. The lowest BCUT2D eigenvalue weighted by Crippen LogP contribution is -2.53. The lowest BCUT2D eigenvalue weighted by Gasteiger charge is -2.34. The fourth-order valence-corrected chi connectivity index (χ4v) is 6.25. The van der Waals surface area contributed by atoms with Crippen molar-refractivity contribution in [3.63, 3.8) is 0 Å². The molecule has 0 aliphatic rings. The lowest BCUT2D eigenvalue weighted by molar-refractivity contribution is -0.140. The van der Waals surface area contributed by atoms with Crippen LogP contribution in [0.3, 0.4) is 0 Å². The molecule has 0 spiro atoms. The molecule has 0 aliphatic heterocycles. The molecule has 2 atom stereocenters. The molecular formula is C30H34Cl3N3O4S. The summed E-state index contributed by atoms with van der Waals surface area (Å²) in [6, 6.07) is 16.5. The largest absolute Gasteiger partial charge is 0.352 e. The van der Waals surface area contributed by atoms with Crippen LogP contribution in [0.2, 0.25) is 15.1 Å². The first-order chi connectivity index (χ1) is 19.4. The summed E-state index contributed by atoms with van der Waals surface area (Å²) in [7, 11) is -4.19. The number of benzene rings is 3. The van der Waals surface area contributed by atoms with Gasteiger partial charge in [-0.25, -0.2) is 8.42 Å². The van der Waals surface area contributed by atoms with Gasteiger partial charge in [0.2, 0.25) is 11.8 Å². The van der Waals surface area contributed by atoms with Crippen molar-refractivity contribution in [1.82, 2.24) is 10.2 Å². The van der Waals surface area contributed by atoms with Crippen molar-refractivity contribution in [1.29, 1.82) is 0 Å². The molecule has 0 heterocycles. The zero-order chi connectivity index (χ0) is 30.3. The smallest absolute Gasteiger partial charge is 0.264 e. The standard InChI is InChI=1S/C30H34Cl3N3O4S/c1-5-21(4)34-30(38)28(6-2)35(18-22-13-14-23(31)16-27(22)33)29(37)19-36(24-15-12-20(3)26(32)17-24)41(39,40)25-10-8-7-9-11-25/h7-17,21,28H,5-6,18-19H2,1-4H3,(H,34,38)/t21-,28+/m0/s1. The maximum atomic E-state index is 14.1. The molecule has 0 unspecified atom stereocenters. The van der Waals surface area contributed by atoms with Gasteiger partial charge in [0, 0.05) is 27.7 Å². The van der Waals surface area contributed by atoms with E-state index in [4.69, 9.17) is 34.8 Å². The Labute approximate surface area is 257 Å². The zero-order valence-electron chi connectivity index (χ0n) is 23.4. The molecular weight excluding hydrogens is 605 g/mol. The molecule has 0 aliphatic carbocycles. The van der Waals surface area contributed by atoms with Crippen molar-refractivity contribution in [3.05, 3.63) is 92.9 Å². The second-order valence-electron chi connectivity index (χ2n) is 9.76. The Kier molecular flexibility index (Phi) is 11.5. The molecule has 2 amide bonds. The molecule has 0 saturated heterocycles. The van der Waals surface area contributed by atoms with Crippen LogP contribution in [-0.4, -0.2) is 43.8 Å². The third-order valence-electron chi connectivity index (χ3n) is 6.80. The summed E-state index contributed by atoms with van der Waals surface area (Å²) < 4.78 is 28.8. The van der Waals surface area contributed by atoms with Gasteiger partial charge in [-0.3, -0.25) is 13.9 Å². The predicted molar refractivity (Wildman–Crippen MR) is 166 cm³/mol. The summed E-state index contributed by atoms with van der Waals surface area (Å²) in [4.78, 5) is 28.9. The van der Waals surface area contributed by atoms with Crippen LogP contribution in [0.5, 0.6) is 0 Å². The van der Waals surface area contributed by atoms with Crippen LogP contribution in [0, 0.1) is 6.92 Å². The van der Waals surface area contributed by atoms with Crippen molar-refractivity contribution in [2.45, 2.75) is 64.1 Å². The summed E-state index contributed by atoms with van der Waals surface area (Å²) in [6.07, 6.45) is 0.997. The highest BCUT2D eigenvalue weighted by Crippen LogP contribution is 2.29. The number of hydrogen-bond donors (Lipinski definition) is 1. The molecule has 0 fully saturated rings. The summed E-state index contributed by atoms with van der Waals surface area (Å²) in [5.74, 6) is -0.922. The molecule has 3 aromatic carbocycles. The molecule has 3 aromatic rings. The van der Waals surface area contributed by atoms with E-state index in [1.54, 1.807) is 62.4 Å². The summed E-state index contributed by atoms with van der Waals surface area (Å²) in [5, 5.41) is 4.05. The van der Waals surface area contributed by atoms with E-state index in [2.05, 4.69) is 5.32 Å². The first-order valence-corrected chi connectivity index (χ1v) is 15.8. The summed E-state index contributed by atoms with van der Waals surface area (Å²) >= 11 is 18.9. The van der Waals surface area contributed by atoms with Gasteiger partial charge >= 0.3 is 0 Å². The number of sulfonamides is 1. The normalized spacial score (nSPS) is 12.9. The minimum atomic E-state index is -4.19. The van der Waals surface area contributed by atoms with Gasteiger partial charge in [0.1, 0.15) is 12.6 Å². The molecule has 7 nitrogen and oxygen atoms in total. The Bertz CT molecular complexity index is 1490. The van der Waals surface area contributed by atoms with Gasteiger partial charge in [0.25, 0.3) is 10.0 Å². The third kappa shape index (κ3) is 8.16. The second-order valence-corrected chi connectivity index (χ2v) is 12.9. The Morgan fingerprint density at radius 2 is 1.59 bits per heavy atom. The van der Waals surface area contributed by atoms with E-state index in [0.29, 0.717) is 33.5 Å². The average Bonchev–Trinajstić information content (AvgIpc) is 2.94. The molecule has 41 heavy (non-hydrogen) atoms. The van der Waals surface area contributed by atoms with Gasteiger partial charge in [0.05, 0.1) is 10.6 Å². The quantitative estimate of drug-likeness (QED) is 0.235. The fraction of sp³-hybridized carbons (Fsp3) is 0.333. The molecule has 0 saturated carbocycles. The first-order valence-electron chi connectivity index (χ1n) is 13.3. The van der Waals surface area contributed by atoms with Crippen molar-refractivity contribution in [2.24, 2.45) is 0 Å². The van der Waals surface area contributed by atoms with Gasteiger partial charge in [-0.15, -0.1) is 0 Å². The minimum Gasteiger partial charge on any atom is -0.352 e. The van der Waals surface area contributed by atoms with Crippen molar-refractivity contribution in [2.75, 3.05) is 10.8 Å². The maximum Gasteiger partial charge on any atom is 0.264 e. The number of aryl methyl sites for hydroxylation is 1. The Hall–Kier alpha value is -2.78. The fourth-order valence-electron chi connectivity index (χ4n) is 4.18. The third-order valence-corrected chi connectivity index (χ3v) is 9.58. The molecule has 1 N–H and O–H groups in total. The number of anilines is 1. The van der Waals surface area contributed by atoms with E-state index in [1.165, 1.54) is 23.1 Å². The molecule has 0 radical (unpaired) electrons. The average molecular weight is 639 g/mol. The van der Waals surface area contributed by atoms with Crippen LogP contribution < -0.4 is 9.62 Å². The Balaban J connectivity index is 2.10. The minimum absolute atomic E-state index is 0.0124. The van der Waals surface area contributed by atoms with Crippen molar-refractivity contribution >= 4 is 62.3 Å². The Morgan fingerprint density at radius 3 is 2.17 bits per heavy atom. The number of carbonyl (C=O) groups excluding carboxylic acids is 2. The number of nitrogens with zero attached hydrogens (tertiary/aromatic N) is 2. The molecule has 3 rings (SSSR count). The summed E-state index contributed by atoms with van der Waals surface area (Å²) in [6.45, 7) is 6.81. The van der Waals surface area contributed by atoms with Gasteiger partial charge in [-0.1, -0.05) is 79.0 Å². The molecule has 11 heteroatoms. The van der Waals surface area contributed by atoms with Gasteiger partial charge in [-0.05, 0) is 74.2 Å². The van der Waals surface area contributed by atoms with Crippen LogP contribution in [0.1, 0.15) is 44.7 Å². The van der Waals surface area contributed by atoms with Crippen LogP contribution in [-0.2, 0) is 26.2 Å². The van der Waals surface area contributed by atoms with Crippen LogP contribution in [0.15, 0.2) is 71.6 Å². The predicted octanol–water partition coefficient (Wildman–Crippen LogP) is 6.87. The van der Waals surface area contributed by atoms with E-state index in [-0.39, 0.29) is 29.1 Å². The molecule has 0 bridgehead atoms. The molecule has 0 aromatic heterocycles. The number of halogens is 3. The highest BCUT2D eigenvalue weighted by atomic mass is 35.5. The van der Waals surface area contributed by atoms with Crippen molar-refractivity contribution < 1.29 is 18.0 Å². The van der Waals surface area contributed by atoms with E-state index in [1.807, 2.05) is 13.8 Å². The molecule has 220 valence electrons. The zero-order valence-corrected chi connectivity index (χ0v) is 26.5. The number of carbonyl (C=O) groups is 2. The summed E-state index contributed by atoms with van der Waals surface area (Å²) in [5.41, 5.74) is 1.54. The van der Waals surface area contributed by atoms with Gasteiger partial charge < -0.3 is 10.2 Å². The topological polar surface area (TPSA) is 86.8 Å².